The summed E-state index contributed by atoms with van der Waals surface area (Å²) < 4.78 is 0. The van der Waals surface area contributed by atoms with Gasteiger partial charge in [0.25, 0.3) is 0 Å². The van der Waals surface area contributed by atoms with Crippen LogP contribution >= 0.6 is 0 Å². The molecule has 2 bridgehead atoms. The van der Waals surface area contributed by atoms with Crippen LogP contribution in [0.25, 0.3) is 0 Å². The number of hydrogen-bond donors (Lipinski definition) is 1. The molecule has 2 aliphatic carbocycles. The van der Waals surface area contributed by atoms with E-state index in [1.54, 1.807) is 0 Å². The number of benzene rings is 2. The Morgan fingerprint density at radius 3 is 2.30 bits per heavy atom. The van der Waals surface area contributed by atoms with Crippen molar-refractivity contribution in [3.8, 4) is 0 Å². The lowest BCUT2D eigenvalue weighted by Crippen LogP contribution is -2.25. The van der Waals surface area contributed by atoms with E-state index in [-0.39, 0.29) is 5.91 Å². The Hall–Kier alpha value is -2.29. The third kappa shape index (κ3) is 4.02. The zero-order valence-corrected chi connectivity index (χ0v) is 16.4. The van der Waals surface area contributed by atoms with Crippen LogP contribution < -0.4 is 10.2 Å². The highest BCUT2D eigenvalue weighted by Crippen LogP contribution is 2.49. The molecule has 0 saturated heterocycles. The van der Waals surface area contributed by atoms with Crippen molar-refractivity contribution in [2.75, 3.05) is 10.2 Å². The lowest BCUT2D eigenvalue weighted by atomic mass is 9.86. The molecule has 2 aliphatic rings. The summed E-state index contributed by atoms with van der Waals surface area (Å²) >= 11 is 0. The summed E-state index contributed by atoms with van der Waals surface area (Å²) in [7, 11) is 0. The molecule has 0 spiro atoms. The van der Waals surface area contributed by atoms with Gasteiger partial charge in [-0.2, -0.15) is 0 Å². The summed E-state index contributed by atoms with van der Waals surface area (Å²) in [4.78, 5) is 14.8. The summed E-state index contributed by atoms with van der Waals surface area (Å²) in [6, 6.07) is 19.0. The number of amides is 1. The van der Waals surface area contributed by atoms with Gasteiger partial charge in [-0.15, -0.1) is 0 Å². The van der Waals surface area contributed by atoms with Gasteiger partial charge in [-0.05, 0) is 87.3 Å². The van der Waals surface area contributed by atoms with Gasteiger partial charge in [-0.25, -0.2) is 0 Å². The lowest BCUT2D eigenvalue weighted by Gasteiger charge is -2.29. The van der Waals surface area contributed by atoms with Gasteiger partial charge in [0, 0.05) is 29.5 Å². The van der Waals surface area contributed by atoms with Gasteiger partial charge in [0.2, 0.25) is 5.91 Å². The second-order valence-corrected chi connectivity index (χ2v) is 8.53. The first kappa shape index (κ1) is 18.1. The van der Waals surface area contributed by atoms with Crippen LogP contribution in [-0.4, -0.2) is 11.9 Å². The van der Waals surface area contributed by atoms with E-state index in [0.29, 0.717) is 18.4 Å². The predicted octanol–water partition coefficient (Wildman–Crippen LogP) is 6.00. The first-order valence-corrected chi connectivity index (χ1v) is 10.3. The molecular weight excluding hydrogens is 332 g/mol. The molecule has 3 heteroatoms. The monoisotopic (exact) mass is 362 g/mol. The zero-order valence-electron chi connectivity index (χ0n) is 16.4. The number of carbonyl (C=O) groups is 1. The topological polar surface area (TPSA) is 32.3 Å². The lowest BCUT2D eigenvalue weighted by molar-refractivity contribution is -0.117. The Morgan fingerprint density at radius 2 is 1.70 bits per heavy atom. The summed E-state index contributed by atoms with van der Waals surface area (Å²) in [5.74, 6) is 2.47. The molecule has 0 aliphatic heterocycles. The molecule has 2 saturated carbocycles. The van der Waals surface area contributed by atoms with E-state index in [2.05, 4.69) is 60.5 Å². The summed E-state index contributed by atoms with van der Waals surface area (Å²) in [6.45, 7) is 4.38. The zero-order chi connectivity index (χ0) is 18.8. The van der Waals surface area contributed by atoms with Crippen LogP contribution in [0.4, 0.5) is 17.1 Å². The fourth-order valence-corrected chi connectivity index (χ4v) is 5.12. The molecule has 0 aromatic heterocycles. The molecule has 1 amide bonds. The number of para-hydroxylation sites is 1. The highest BCUT2D eigenvalue weighted by molar-refractivity contribution is 5.91. The van der Waals surface area contributed by atoms with Crippen LogP contribution in [0.15, 0.2) is 54.6 Å². The fourth-order valence-electron chi connectivity index (χ4n) is 5.12. The largest absolute Gasteiger partial charge is 0.339 e. The Morgan fingerprint density at radius 1 is 1.00 bits per heavy atom. The quantitative estimate of drug-likeness (QED) is 0.684. The Balaban J connectivity index is 1.40. The van der Waals surface area contributed by atoms with Gasteiger partial charge in [-0.3, -0.25) is 4.79 Å². The summed E-state index contributed by atoms with van der Waals surface area (Å²) in [5, 5.41) is 3.11. The first-order valence-electron chi connectivity index (χ1n) is 10.3. The maximum Gasteiger partial charge on any atom is 0.224 e. The van der Waals surface area contributed by atoms with Crippen LogP contribution in [0, 0.1) is 17.8 Å². The molecule has 142 valence electrons. The number of carbonyl (C=O) groups excluding carboxylic acids is 1. The Labute approximate surface area is 162 Å². The molecule has 1 N–H and O–H groups in total. The number of nitrogens with zero attached hydrogens (tertiary/aromatic N) is 1. The minimum Gasteiger partial charge on any atom is -0.339 e. The summed E-state index contributed by atoms with van der Waals surface area (Å²) in [6.07, 6.45) is 6.03. The smallest absolute Gasteiger partial charge is 0.224 e. The van der Waals surface area contributed by atoms with Crippen molar-refractivity contribution in [2.24, 2.45) is 17.8 Å². The molecular formula is C24H30N2O. The van der Waals surface area contributed by atoms with Crippen LogP contribution in [-0.2, 0) is 4.79 Å². The average Bonchev–Trinajstić information content (AvgIpc) is 3.27. The Bertz CT molecular complexity index is 769. The summed E-state index contributed by atoms with van der Waals surface area (Å²) in [5.41, 5.74) is 3.21. The normalized spacial score (nSPS) is 23.6. The standard InChI is InChI=1S/C24H30N2O/c1-17(2)26(22-6-4-3-5-7-22)23-12-10-21(11-13-23)25-24(27)16-20-15-18-8-9-19(20)14-18/h3-7,10-13,17-20H,8-9,14-16H2,1-2H3,(H,25,27)/t18-,19+,20+/m0/s1. The van der Waals surface area contributed by atoms with Gasteiger partial charge in [0.15, 0.2) is 0 Å². The molecule has 2 aromatic carbocycles. The first-order chi connectivity index (χ1) is 13.1. The third-order valence-electron chi connectivity index (χ3n) is 6.31. The molecule has 2 aromatic rings. The molecule has 27 heavy (non-hydrogen) atoms. The molecule has 3 nitrogen and oxygen atoms in total. The van der Waals surface area contributed by atoms with E-state index in [1.807, 2.05) is 18.2 Å². The second kappa shape index (κ2) is 7.75. The Kier molecular flexibility index (Phi) is 5.20. The van der Waals surface area contributed by atoms with Crippen molar-refractivity contribution in [1.82, 2.24) is 0 Å². The van der Waals surface area contributed by atoms with E-state index in [1.165, 1.54) is 31.4 Å². The second-order valence-electron chi connectivity index (χ2n) is 8.53. The molecule has 4 rings (SSSR count). The minimum atomic E-state index is 0.170. The maximum absolute atomic E-state index is 12.5. The number of fused-ring (bicyclic) bond motifs is 2. The van der Waals surface area contributed by atoms with Crippen molar-refractivity contribution >= 4 is 23.0 Å². The van der Waals surface area contributed by atoms with Crippen molar-refractivity contribution in [2.45, 2.75) is 52.0 Å². The number of hydrogen-bond acceptors (Lipinski definition) is 2. The predicted molar refractivity (Wildman–Crippen MR) is 112 cm³/mol. The van der Waals surface area contributed by atoms with Gasteiger partial charge in [-0.1, -0.05) is 24.6 Å². The van der Waals surface area contributed by atoms with Crippen molar-refractivity contribution < 1.29 is 4.79 Å². The molecule has 0 unspecified atom stereocenters. The van der Waals surface area contributed by atoms with Gasteiger partial charge in [0.1, 0.15) is 0 Å². The van der Waals surface area contributed by atoms with E-state index in [4.69, 9.17) is 0 Å². The van der Waals surface area contributed by atoms with Crippen molar-refractivity contribution in [3.63, 3.8) is 0 Å². The van der Waals surface area contributed by atoms with Gasteiger partial charge < -0.3 is 10.2 Å². The number of anilines is 3. The minimum absolute atomic E-state index is 0.170. The fraction of sp³-hybridized carbons (Fsp3) is 0.458. The van der Waals surface area contributed by atoms with E-state index in [9.17, 15) is 4.79 Å². The molecule has 0 radical (unpaired) electrons. The average molecular weight is 363 g/mol. The van der Waals surface area contributed by atoms with E-state index in [0.717, 1.165) is 23.2 Å². The van der Waals surface area contributed by atoms with E-state index >= 15 is 0 Å². The molecule has 0 heterocycles. The molecule has 2 fully saturated rings. The molecule has 3 atom stereocenters. The maximum atomic E-state index is 12.5. The third-order valence-corrected chi connectivity index (χ3v) is 6.31. The SMILES string of the molecule is CC(C)N(c1ccccc1)c1ccc(NC(=O)C[C@H]2C[C@H]3CC[C@@H]2C3)cc1. The van der Waals surface area contributed by atoms with Gasteiger partial charge in [0.05, 0.1) is 0 Å². The highest BCUT2D eigenvalue weighted by atomic mass is 16.1. The van der Waals surface area contributed by atoms with E-state index < -0.39 is 0 Å². The van der Waals surface area contributed by atoms with Crippen molar-refractivity contribution in [3.05, 3.63) is 54.6 Å². The van der Waals surface area contributed by atoms with Crippen LogP contribution in [0.1, 0.15) is 46.0 Å². The number of rotatable bonds is 6. The van der Waals surface area contributed by atoms with Gasteiger partial charge >= 0.3 is 0 Å². The highest BCUT2D eigenvalue weighted by Gasteiger charge is 2.40. The van der Waals surface area contributed by atoms with Crippen LogP contribution in [0.3, 0.4) is 0 Å². The van der Waals surface area contributed by atoms with Crippen LogP contribution in [0.2, 0.25) is 0 Å². The van der Waals surface area contributed by atoms with Crippen LogP contribution in [0.5, 0.6) is 0 Å². The number of nitrogens with one attached hydrogen (secondary N) is 1. The van der Waals surface area contributed by atoms with Crippen molar-refractivity contribution in [1.29, 1.82) is 0 Å².